The van der Waals surface area contributed by atoms with Crippen LogP contribution in [-0.4, -0.2) is 25.2 Å². The van der Waals surface area contributed by atoms with E-state index in [0.717, 1.165) is 12.1 Å². The molecule has 0 fully saturated rings. The Kier molecular flexibility index (Phi) is 4.77. The third kappa shape index (κ3) is 3.04. The number of hydrogen-bond donors (Lipinski definition) is 1. The number of aryl methyl sites for hydroxylation is 1. The fraction of sp³-hybridized carbons (Fsp3) is 0.300. The van der Waals surface area contributed by atoms with Crippen LogP contribution in [0.1, 0.15) is 40.3 Å². The molecule has 10 heteroatoms. The van der Waals surface area contributed by atoms with Gasteiger partial charge >= 0.3 is 5.51 Å². The Morgan fingerprint density at radius 2 is 1.80 bits per heavy atom. The minimum absolute atomic E-state index is 0.0214. The molecule has 160 valence electrons. The topological polar surface area (TPSA) is 54.4 Å². The SMILES string of the molecule is O=S(=O)(c1ccc(C2=CCCc3cc(F)cc(F)c32)c2c1C(O)C(F)C2)C(F)(F)F. The summed E-state index contributed by atoms with van der Waals surface area (Å²) < 4.78 is 106. The summed E-state index contributed by atoms with van der Waals surface area (Å²) in [6.07, 6.45) is -2.37. The maximum absolute atomic E-state index is 14.5. The lowest BCUT2D eigenvalue weighted by Gasteiger charge is -2.22. The predicted octanol–water partition coefficient (Wildman–Crippen LogP) is 4.56. The molecule has 0 bridgehead atoms. The van der Waals surface area contributed by atoms with Crippen LogP contribution in [0.2, 0.25) is 0 Å². The van der Waals surface area contributed by atoms with Crippen LogP contribution in [0.25, 0.3) is 5.57 Å². The van der Waals surface area contributed by atoms with Crippen molar-refractivity contribution in [2.24, 2.45) is 0 Å². The summed E-state index contributed by atoms with van der Waals surface area (Å²) in [6.45, 7) is 0. The average molecular weight is 448 g/mol. The molecule has 2 unspecified atom stereocenters. The van der Waals surface area contributed by atoms with E-state index in [1.807, 2.05) is 0 Å². The number of halogens is 6. The van der Waals surface area contributed by atoms with Gasteiger partial charge in [0, 0.05) is 23.6 Å². The molecule has 2 aliphatic rings. The fourth-order valence-corrected chi connectivity index (χ4v) is 5.16. The number of rotatable bonds is 2. The van der Waals surface area contributed by atoms with Gasteiger partial charge in [-0.3, -0.25) is 0 Å². The molecule has 2 aromatic rings. The minimum atomic E-state index is -5.85. The second kappa shape index (κ2) is 6.84. The fourth-order valence-electron chi connectivity index (χ4n) is 4.13. The smallest absolute Gasteiger partial charge is 0.385 e. The normalized spacial score (nSPS) is 21.2. The summed E-state index contributed by atoms with van der Waals surface area (Å²) >= 11 is 0. The maximum Gasteiger partial charge on any atom is 0.501 e. The van der Waals surface area contributed by atoms with Gasteiger partial charge in [0.1, 0.15) is 23.9 Å². The van der Waals surface area contributed by atoms with Gasteiger partial charge in [-0.1, -0.05) is 12.1 Å². The molecule has 0 aliphatic heterocycles. The Labute approximate surface area is 167 Å². The van der Waals surface area contributed by atoms with E-state index < -0.39 is 56.1 Å². The highest BCUT2D eigenvalue weighted by Crippen LogP contribution is 2.46. The van der Waals surface area contributed by atoms with Gasteiger partial charge in [0.25, 0.3) is 9.84 Å². The van der Waals surface area contributed by atoms with E-state index in [0.29, 0.717) is 30.5 Å². The molecule has 2 aromatic carbocycles. The maximum atomic E-state index is 14.5. The Hall–Kier alpha value is -2.33. The van der Waals surface area contributed by atoms with E-state index in [-0.39, 0.29) is 22.3 Å². The Balaban J connectivity index is 1.98. The molecular formula is C20H14F6O3S. The van der Waals surface area contributed by atoms with Crippen molar-refractivity contribution in [2.75, 3.05) is 0 Å². The number of hydrogen-bond acceptors (Lipinski definition) is 3. The molecule has 0 spiro atoms. The zero-order valence-corrected chi connectivity index (χ0v) is 15.9. The largest absolute Gasteiger partial charge is 0.501 e. The molecule has 4 rings (SSSR count). The lowest BCUT2D eigenvalue weighted by atomic mass is 9.84. The molecule has 30 heavy (non-hydrogen) atoms. The summed E-state index contributed by atoms with van der Waals surface area (Å²) in [4.78, 5) is -1.22. The summed E-state index contributed by atoms with van der Waals surface area (Å²) in [5.41, 5.74) is -5.79. The number of allylic oxidation sites excluding steroid dienone is 1. The van der Waals surface area contributed by atoms with Gasteiger partial charge in [-0.05, 0) is 47.2 Å². The van der Waals surface area contributed by atoms with Gasteiger partial charge in [-0.15, -0.1) is 0 Å². The number of aliphatic hydroxyl groups is 1. The van der Waals surface area contributed by atoms with Crippen molar-refractivity contribution in [1.29, 1.82) is 0 Å². The van der Waals surface area contributed by atoms with Crippen LogP contribution in [0.4, 0.5) is 26.3 Å². The summed E-state index contributed by atoms with van der Waals surface area (Å²) in [7, 11) is -5.85. The molecule has 2 atom stereocenters. The third-order valence-electron chi connectivity index (χ3n) is 5.41. The van der Waals surface area contributed by atoms with Crippen LogP contribution in [0.3, 0.4) is 0 Å². The number of sulfone groups is 1. The number of aliphatic hydroxyl groups excluding tert-OH is 1. The highest BCUT2D eigenvalue weighted by Gasteiger charge is 2.50. The molecule has 3 nitrogen and oxygen atoms in total. The molecule has 0 heterocycles. The van der Waals surface area contributed by atoms with Crippen molar-refractivity contribution in [3.63, 3.8) is 0 Å². The van der Waals surface area contributed by atoms with Crippen molar-refractivity contribution in [3.8, 4) is 0 Å². The first-order valence-corrected chi connectivity index (χ1v) is 10.4. The molecule has 1 N–H and O–H groups in total. The molecule has 0 aromatic heterocycles. The molecule has 0 saturated carbocycles. The van der Waals surface area contributed by atoms with Gasteiger partial charge in [0.05, 0.1) is 4.90 Å². The third-order valence-corrected chi connectivity index (χ3v) is 6.95. The van der Waals surface area contributed by atoms with Gasteiger partial charge in [-0.2, -0.15) is 13.2 Å². The van der Waals surface area contributed by atoms with Crippen molar-refractivity contribution >= 4 is 15.4 Å². The van der Waals surface area contributed by atoms with Gasteiger partial charge < -0.3 is 5.11 Å². The van der Waals surface area contributed by atoms with Crippen LogP contribution < -0.4 is 0 Å². The average Bonchev–Trinajstić information content (AvgIpc) is 2.94. The number of alkyl halides is 4. The molecule has 0 radical (unpaired) electrons. The number of fused-ring (bicyclic) bond motifs is 2. The lowest BCUT2D eigenvalue weighted by Crippen LogP contribution is -2.25. The zero-order chi connectivity index (χ0) is 22.0. The summed E-state index contributed by atoms with van der Waals surface area (Å²) in [5.74, 6) is -1.68. The first kappa shape index (κ1) is 20.9. The van der Waals surface area contributed by atoms with Crippen LogP contribution >= 0.6 is 0 Å². The van der Waals surface area contributed by atoms with Crippen molar-refractivity contribution in [2.45, 2.75) is 41.9 Å². The standard InChI is InChI=1S/C20H14F6O3S/c21-10-6-9-2-1-3-12(17(9)14(22)7-10)11-4-5-16(30(28,29)20(24,25)26)18-13(11)8-15(23)19(18)27/h3-7,15,19,27H,1-2,8H2. The lowest BCUT2D eigenvalue weighted by molar-refractivity contribution is -0.0437. The second-order valence-corrected chi connectivity index (χ2v) is 9.11. The minimum Gasteiger partial charge on any atom is -0.385 e. The van der Waals surface area contributed by atoms with Crippen molar-refractivity contribution in [1.82, 2.24) is 0 Å². The monoisotopic (exact) mass is 448 g/mol. The van der Waals surface area contributed by atoms with E-state index in [2.05, 4.69) is 0 Å². The van der Waals surface area contributed by atoms with Crippen LogP contribution in [0.5, 0.6) is 0 Å². The van der Waals surface area contributed by atoms with Gasteiger partial charge in [-0.25, -0.2) is 21.6 Å². The van der Waals surface area contributed by atoms with E-state index >= 15 is 0 Å². The molecule has 0 saturated heterocycles. The summed E-state index contributed by atoms with van der Waals surface area (Å²) in [5, 5.41) is 10.1. The van der Waals surface area contributed by atoms with E-state index in [1.165, 1.54) is 0 Å². The molecule has 2 aliphatic carbocycles. The highest BCUT2D eigenvalue weighted by molar-refractivity contribution is 7.92. The number of benzene rings is 2. The Morgan fingerprint density at radius 1 is 1.10 bits per heavy atom. The van der Waals surface area contributed by atoms with Crippen LogP contribution in [0, 0.1) is 11.6 Å². The Bertz CT molecular complexity index is 1180. The first-order chi connectivity index (χ1) is 13.9. The van der Waals surface area contributed by atoms with Gasteiger partial charge in [0.15, 0.2) is 0 Å². The Morgan fingerprint density at radius 3 is 2.47 bits per heavy atom. The first-order valence-electron chi connectivity index (χ1n) is 8.91. The van der Waals surface area contributed by atoms with E-state index in [9.17, 15) is 39.9 Å². The quantitative estimate of drug-likeness (QED) is 0.686. The highest BCUT2D eigenvalue weighted by atomic mass is 32.2. The van der Waals surface area contributed by atoms with Crippen molar-refractivity contribution in [3.05, 3.63) is 69.8 Å². The summed E-state index contributed by atoms with van der Waals surface area (Å²) in [6, 6.07) is 3.50. The van der Waals surface area contributed by atoms with E-state index in [1.54, 1.807) is 6.08 Å². The van der Waals surface area contributed by atoms with Crippen molar-refractivity contribution < 1.29 is 39.9 Å². The van der Waals surface area contributed by atoms with E-state index in [4.69, 9.17) is 0 Å². The zero-order valence-electron chi connectivity index (χ0n) is 15.1. The second-order valence-electron chi connectivity index (χ2n) is 7.20. The molecule has 0 amide bonds. The van der Waals surface area contributed by atoms with Crippen LogP contribution in [-0.2, 0) is 22.7 Å². The van der Waals surface area contributed by atoms with Crippen LogP contribution in [0.15, 0.2) is 35.2 Å². The van der Waals surface area contributed by atoms with Gasteiger partial charge in [0.2, 0.25) is 0 Å². The predicted molar refractivity (Wildman–Crippen MR) is 95.0 cm³/mol. The molecular weight excluding hydrogens is 434 g/mol.